The third-order valence-electron chi connectivity index (χ3n) is 3.21. The summed E-state index contributed by atoms with van der Waals surface area (Å²) in [5.74, 6) is 0.865. The molecule has 1 N–H and O–H groups in total. The van der Waals surface area contributed by atoms with Crippen molar-refractivity contribution in [3.8, 4) is 5.75 Å². The van der Waals surface area contributed by atoms with Gasteiger partial charge < -0.3 is 19.4 Å². The first kappa shape index (κ1) is 15.4. The fourth-order valence-corrected chi connectivity index (χ4v) is 2.23. The van der Waals surface area contributed by atoms with Gasteiger partial charge in [0, 0.05) is 37.4 Å². The van der Waals surface area contributed by atoms with Gasteiger partial charge in [0.15, 0.2) is 0 Å². The number of benzene rings is 1. The van der Waals surface area contributed by atoms with Gasteiger partial charge in [-0.1, -0.05) is 0 Å². The van der Waals surface area contributed by atoms with E-state index in [1.165, 1.54) is 0 Å². The van der Waals surface area contributed by atoms with Crippen molar-refractivity contribution in [2.24, 2.45) is 0 Å². The number of rotatable bonds is 8. The molecular formula is C16H22N2O3. The average Bonchev–Trinajstić information content (AvgIpc) is 2.86. The molecule has 0 fully saturated rings. The molecule has 21 heavy (non-hydrogen) atoms. The molecule has 0 aliphatic carbocycles. The Morgan fingerprint density at radius 2 is 2.19 bits per heavy atom. The number of hydrogen-bond acceptors (Lipinski definition) is 3. The molecule has 0 atom stereocenters. The van der Waals surface area contributed by atoms with Gasteiger partial charge in [-0.25, -0.2) is 0 Å². The molecule has 0 radical (unpaired) electrons. The highest BCUT2D eigenvalue weighted by Gasteiger charge is 2.06. The normalized spacial score (nSPS) is 10.8. The van der Waals surface area contributed by atoms with E-state index in [0.717, 1.165) is 23.1 Å². The lowest BCUT2D eigenvalue weighted by Gasteiger charge is -2.08. The number of nitrogens with zero attached hydrogens (tertiary/aromatic N) is 1. The first-order valence-electron chi connectivity index (χ1n) is 7.22. The van der Waals surface area contributed by atoms with E-state index >= 15 is 0 Å². The smallest absolute Gasteiger partial charge is 0.239 e. The van der Waals surface area contributed by atoms with E-state index in [4.69, 9.17) is 9.47 Å². The third-order valence-corrected chi connectivity index (χ3v) is 3.21. The highest BCUT2D eigenvalue weighted by molar-refractivity contribution is 5.84. The van der Waals surface area contributed by atoms with Gasteiger partial charge in [0.25, 0.3) is 0 Å². The molecule has 0 saturated heterocycles. The molecule has 0 aliphatic heterocycles. The van der Waals surface area contributed by atoms with Crippen molar-refractivity contribution in [2.45, 2.75) is 19.9 Å². The Labute approximate surface area is 124 Å². The van der Waals surface area contributed by atoms with E-state index in [1.54, 1.807) is 7.11 Å². The Kier molecular flexibility index (Phi) is 5.63. The average molecular weight is 290 g/mol. The van der Waals surface area contributed by atoms with Crippen LogP contribution in [0.1, 0.15) is 13.3 Å². The van der Waals surface area contributed by atoms with E-state index in [0.29, 0.717) is 26.3 Å². The van der Waals surface area contributed by atoms with Crippen LogP contribution in [0.4, 0.5) is 0 Å². The summed E-state index contributed by atoms with van der Waals surface area (Å²) in [4.78, 5) is 11.9. The fourth-order valence-electron chi connectivity index (χ4n) is 2.23. The van der Waals surface area contributed by atoms with Gasteiger partial charge in [-0.15, -0.1) is 0 Å². The van der Waals surface area contributed by atoms with Crippen molar-refractivity contribution in [3.63, 3.8) is 0 Å². The van der Waals surface area contributed by atoms with Crippen LogP contribution in [-0.4, -0.2) is 37.3 Å². The number of carbonyl (C=O) groups excluding carboxylic acids is 1. The molecule has 1 aromatic heterocycles. The molecule has 0 bridgehead atoms. The standard InChI is InChI=1S/C16H22N2O3/c1-3-21-14-5-6-15-13(11-14)7-9-18(15)12-16(19)17-8-4-10-20-2/h5-7,9,11H,3-4,8,10,12H2,1-2H3,(H,17,19). The van der Waals surface area contributed by atoms with Crippen LogP contribution in [0.15, 0.2) is 30.5 Å². The molecule has 5 nitrogen and oxygen atoms in total. The number of aromatic nitrogens is 1. The maximum absolute atomic E-state index is 11.9. The van der Waals surface area contributed by atoms with Gasteiger partial charge in [-0.05, 0) is 37.6 Å². The Morgan fingerprint density at radius 3 is 2.95 bits per heavy atom. The monoisotopic (exact) mass is 290 g/mol. The lowest BCUT2D eigenvalue weighted by molar-refractivity contribution is -0.121. The van der Waals surface area contributed by atoms with Crippen molar-refractivity contribution in [3.05, 3.63) is 30.5 Å². The minimum atomic E-state index is 0.0116. The zero-order valence-electron chi connectivity index (χ0n) is 12.6. The number of amides is 1. The Morgan fingerprint density at radius 1 is 1.33 bits per heavy atom. The van der Waals surface area contributed by atoms with Gasteiger partial charge in [-0.2, -0.15) is 0 Å². The number of methoxy groups -OCH3 is 1. The largest absolute Gasteiger partial charge is 0.494 e. The van der Waals surface area contributed by atoms with Crippen LogP contribution in [-0.2, 0) is 16.1 Å². The molecule has 1 heterocycles. The Bertz CT molecular complexity index is 592. The summed E-state index contributed by atoms with van der Waals surface area (Å²) in [6.07, 6.45) is 2.75. The van der Waals surface area contributed by atoms with Gasteiger partial charge in [-0.3, -0.25) is 4.79 Å². The summed E-state index contributed by atoms with van der Waals surface area (Å²) in [5, 5.41) is 3.96. The van der Waals surface area contributed by atoms with Crippen LogP contribution in [0.3, 0.4) is 0 Å². The van der Waals surface area contributed by atoms with Crippen molar-refractivity contribution in [1.29, 1.82) is 0 Å². The van der Waals surface area contributed by atoms with Crippen LogP contribution >= 0.6 is 0 Å². The molecule has 0 saturated carbocycles. The number of fused-ring (bicyclic) bond motifs is 1. The summed E-state index contributed by atoms with van der Waals surface area (Å²) >= 11 is 0. The summed E-state index contributed by atoms with van der Waals surface area (Å²) in [5.41, 5.74) is 1.03. The Hall–Kier alpha value is -2.01. The van der Waals surface area contributed by atoms with E-state index in [-0.39, 0.29) is 5.91 Å². The maximum atomic E-state index is 11.9. The first-order valence-corrected chi connectivity index (χ1v) is 7.22. The van der Waals surface area contributed by atoms with E-state index in [2.05, 4.69) is 5.32 Å². The zero-order valence-corrected chi connectivity index (χ0v) is 12.6. The molecule has 1 aromatic carbocycles. The SMILES string of the molecule is CCOc1ccc2c(ccn2CC(=O)NCCCOC)c1. The van der Waals surface area contributed by atoms with Gasteiger partial charge in [0.05, 0.1) is 6.61 Å². The molecule has 0 aliphatic rings. The van der Waals surface area contributed by atoms with E-state index in [1.807, 2.05) is 42.0 Å². The highest BCUT2D eigenvalue weighted by atomic mass is 16.5. The van der Waals surface area contributed by atoms with Crippen molar-refractivity contribution < 1.29 is 14.3 Å². The van der Waals surface area contributed by atoms with Gasteiger partial charge in [0.1, 0.15) is 12.3 Å². The van der Waals surface area contributed by atoms with Crippen LogP contribution in [0.25, 0.3) is 10.9 Å². The molecule has 1 amide bonds. The topological polar surface area (TPSA) is 52.5 Å². The maximum Gasteiger partial charge on any atom is 0.239 e. The minimum Gasteiger partial charge on any atom is -0.494 e. The molecule has 0 spiro atoms. The summed E-state index contributed by atoms with van der Waals surface area (Å²) < 4.78 is 12.4. The molecule has 114 valence electrons. The second-order valence-corrected chi connectivity index (χ2v) is 4.79. The highest BCUT2D eigenvalue weighted by Crippen LogP contribution is 2.22. The number of hydrogen-bond donors (Lipinski definition) is 1. The number of nitrogens with one attached hydrogen (secondary N) is 1. The lowest BCUT2D eigenvalue weighted by atomic mass is 10.2. The van der Waals surface area contributed by atoms with Crippen LogP contribution in [0.5, 0.6) is 5.75 Å². The second-order valence-electron chi connectivity index (χ2n) is 4.79. The van der Waals surface area contributed by atoms with Crippen molar-refractivity contribution >= 4 is 16.8 Å². The molecule has 0 unspecified atom stereocenters. The van der Waals surface area contributed by atoms with Crippen molar-refractivity contribution in [1.82, 2.24) is 9.88 Å². The fraction of sp³-hybridized carbons (Fsp3) is 0.438. The first-order chi connectivity index (χ1) is 10.2. The molecular weight excluding hydrogens is 268 g/mol. The number of ether oxygens (including phenoxy) is 2. The predicted molar refractivity (Wildman–Crippen MR) is 82.6 cm³/mol. The summed E-state index contributed by atoms with van der Waals surface area (Å²) in [6.45, 7) is 4.23. The quantitative estimate of drug-likeness (QED) is 0.758. The number of carbonyl (C=O) groups is 1. The molecule has 2 rings (SSSR count). The third kappa shape index (κ3) is 4.23. The zero-order chi connectivity index (χ0) is 15.1. The summed E-state index contributed by atoms with van der Waals surface area (Å²) in [6, 6.07) is 7.90. The predicted octanol–water partition coefficient (Wildman–Crippen LogP) is 2.19. The van der Waals surface area contributed by atoms with E-state index < -0.39 is 0 Å². The lowest BCUT2D eigenvalue weighted by Crippen LogP contribution is -2.28. The van der Waals surface area contributed by atoms with E-state index in [9.17, 15) is 4.79 Å². The molecule has 2 aromatic rings. The van der Waals surface area contributed by atoms with Crippen molar-refractivity contribution in [2.75, 3.05) is 26.9 Å². The molecule has 5 heteroatoms. The van der Waals surface area contributed by atoms with Gasteiger partial charge in [0.2, 0.25) is 5.91 Å². The van der Waals surface area contributed by atoms with Crippen LogP contribution < -0.4 is 10.1 Å². The van der Waals surface area contributed by atoms with Crippen LogP contribution in [0.2, 0.25) is 0 Å². The second kappa shape index (κ2) is 7.69. The summed E-state index contributed by atoms with van der Waals surface area (Å²) in [7, 11) is 1.66. The van der Waals surface area contributed by atoms with Gasteiger partial charge >= 0.3 is 0 Å². The van der Waals surface area contributed by atoms with Crippen LogP contribution in [0, 0.1) is 0 Å². The Balaban J connectivity index is 1.97. The minimum absolute atomic E-state index is 0.0116.